The third-order valence-electron chi connectivity index (χ3n) is 4.05. The van der Waals surface area contributed by atoms with Crippen molar-refractivity contribution in [3.05, 3.63) is 59.1 Å². The average molecular weight is 448 g/mol. The van der Waals surface area contributed by atoms with E-state index in [9.17, 15) is 9.59 Å². The Bertz CT molecular complexity index is 939. The molecule has 30 heavy (non-hydrogen) atoms. The van der Waals surface area contributed by atoms with E-state index in [-0.39, 0.29) is 11.8 Å². The molecule has 9 heteroatoms. The van der Waals surface area contributed by atoms with Gasteiger partial charge in [0.15, 0.2) is 5.17 Å². The predicted molar refractivity (Wildman–Crippen MR) is 118 cm³/mol. The van der Waals surface area contributed by atoms with Crippen molar-refractivity contribution >= 4 is 40.3 Å². The quantitative estimate of drug-likeness (QED) is 0.644. The number of halogens is 1. The van der Waals surface area contributed by atoms with E-state index in [4.69, 9.17) is 21.1 Å². The molecule has 0 fully saturated rings. The molecule has 3 rings (SSSR count). The first kappa shape index (κ1) is 22.0. The highest BCUT2D eigenvalue weighted by Gasteiger charge is 2.32. The molecular weight excluding hydrogens is 426 g/mol. The van der Waals surface area contributed by atoms with Crippen LogP contribution < -0.4 is 14.8 Å². The number of carbonyl (C=O) groups is 2. The van der Waals surface area contributed by atoms with Crippen molar-refractivity contribution in [2.45, 2.75) is 25.6 Å². The number of thioether (sulfide) groups is 1. The molecule has 0 saturated carbocycles. The number of para-hydroxylation sites is 1. The Hall–Kier alpha value is -2.71. The number of benzene rings is 2. The molecule has 1 N–H and O–H groups in total. The Morgan fingerprint density at radius 3 is 2.53 bits per heavy atom. The van der Waals surface area contributed by atoms with Crippen LogP contribution in [0.15, 0.2) is 53.6 Å². The summed E-state index contributed by atoms with van der Waals surface area (Å²) in [6.45, 7) is 3.81. The summed E-state index contributed by atoms with van der Waals surface area (Å²) < 4.78 is 11.4. The number of nitrogens with zero attached hydrogens (tertiary/aromatic N) is 2. The predicted octanol–water partition coefficient (Wildman–Crippen LogP) is 4.19. The van der Waals surface area contributed by atoms with Crippen molar-refractivity contribution in [1.29, 1.82) is 0 Å². The standard InChI is InChI=1S/C21H22ClN3O4S/c1-14(26)23-21-24-25(15(2)27)20(30-21)16-9-10-19(18(22)13-16)29-12-6-11-28-17-7-4-3-5-8-17/h3-5,7-10,13,20H,6,11-12H2,1-2H3,(H,23,24,26). The summed E-state index contributed by atoms with van der Waals surface area (Å²) in [6, 6.07) is 14.9. The lowest BCUT2D eigenvalue weighted by Crippen LogP contribution is -2.25. The average Bonchev–Trinajstić information content (AvgIpc) is 3.13. The second-order valence-corrected chi connectivity index (χ2v) is 7.95. The van der Waals surface area contributed by atoms with Gasteiger partial charge in [0, 0.05) is 20.3 Å². The molecule has 0 aromatic heterocycles. The lowest BCUT2D eigenvalue weighted by atomic mass is 10.2. The number of ether oxygens (including phenoxy) is 2. The number of amides is 2. The van der Waals surface area contributed by atoms with E-state index in [0.29, 0.717) is 35.6 Å². The van der Waals surface area contributed by atoms with Crippen LogP contribution in [0.2, 0.25) is 5.02 Å². The fourth-order valence-electron chi connectivity index (χ4n) is 2.71. The molecule has 1 aliphatic heterocycles. The molecule has 1 heterocycles. The van der Waals surface area contributed by atoms with Gasteiger partial charge in [0.25, 0.3) is 0 Å². The molecule has 2 amide bonds. The van der Waals surface area contributed by atoms with Crippen molar-refractivity contribution in [3.8, 4) is 11.5 Å². The van der Waals surface area contributed by atoms with Gasteiger partial charge in [-0.25, -0.2) is 5.01 Å². The van der Waals surface area contributed by atoms with Gasteiger partial charge in [-0.2, -0.15) is 0 Å². The number of hydrogen-bond donors (Lipinski definition) is 1. The molecule has 2 aromatic rings. The van der Waals surface area contributed by atoms with E-state index in [1.54, 1.807) is 12.1 Å². The Kier molecular flexibility index (Phi) is 7.59. The van der Waals surface area contributed by atoms with E-state index >= 15 is 0 Å². The summed E-state index contributed by atoms with van der Waals surface area (Å²) in [5.74, 6) is 0.900. The largest absolute Gasteiger partial charge is 0.493 e. The molecule has 158 valence electrons. The van der Waals surface area contributed by atoms with Gasteiger partial charge in [0.1, 0.15) is 16.9 Å². The third kappa shape index (κ3) is 5.90. The number of rotatable bonds is 7. The Morgan fingerprint density at radius 2 is 1.87 bits per heavy atom. The summed E-state index contributed by atoms with van der Waals surface area (Å²) in [6.07, 6.45) is 0.706. The summed E-state index contributed by atoms with van der Waals surface area (Å²) >= 11 is 7.66. The molecule has 0 radical (unpaired) electrons. The van der Waals surface area contributed by atoms with Crippen LogP contribution in [-0.4, -0.2) is 35.2 Å². The zero-order chi connectivity index (χ0) is 21.5. The maximum Gasteiger partial charge on any atom is 0.241 e. The minimum absolute atomic E-state index is 0.234. The molecule has 0 spiro atoms. The Labute approximate surface area is 184 Å². The van der Waals surface area contributed by atoms with Crippen LogP contribution >= 0.6 is 23.4 Å². The van der Waals surface area contributed by atoms with Crippen LogP contribution in [-0.2, 0) is 9.59 Å². The van der Waals surface area contributed by atoms with Crippen molar-refractivity contribution in [2.75, 3.05) is 13.2 Å². The van der Waals surface area contributed by atoms with E-state index in [0.717, 1.165) is 11.3 Å². The van der Waals surface area contributed by atoms with E-state index in [1.165, 1.54) is 30.6 Å². The minimum Gasteiger partial charge on any atom is -0.493 e. The normalized spacial score (nSPS) is 15.5. The first-order chi connectivity index (χ1) is 14.4. The molecule has 2 aromatic carbocycles. The van der Waals surface area contributed by atoms with Gasteiger partial charge in [-0.3, -0.25) is 9.59 Å². The van der Waals surface area contributed by atoms with Crippen molar-refractivity contribution < 1.29 is 19.1 Å². The second kappa shape index (κ2) is 10.4. The summed E-state index contributed by atoms with van der Waals surface area (Å²) in [5.41, 5.74) is 0.782. The second-order valence-electron chi connectivity index (χ2n) is 6.47. The lowest BCUT2D eigenvalue weighted by Gasteiger charge is -2.20. The van der Waals surface area contributed by atoms with Gasteiger partial charge in [0.2, 0.25) is 11.8 Å². The topological polar surface area (TPSA) is 80.2 Å². The van der Waals surface area contributed by atoms with Gasteiger partial charge < -0.3 is 14.8 Å². The van der Waals surface area contributed by atoms with E-state index in [1.807, 2.05) is 36.4 Å². The molecular formula is C21H22ClN3O4S. The zero-order valence-electron chi connectivity index (χ0n) is 16.6. The Morgan fingerprint density at radius 1 is 1.13 bits per heavy atom. The first-order valence-corrected chi connectivity index (χ1v) is 10.6. The van der Waals surface area contributed by atoms with Gasteiger partial charge in [-0.1, -0.05) is 47.6 Å². The van der Waals surface area contributed by atoms with Gasteiger partial charge >= 0.3 is 0 Å². The molecule has 0 bridgehead atoms. The molecule has 1 aliphatic rings. The van der Waals surface area contributed by atoms with E-state index in [2.05, 4.69) is 10.4 Å². The molecule has 1 unspecified atom stereocenters. The molecule has 0 saturated heterocycles. The fraction of sp³-hybridized carbons (Fsp3) is 0.286. The maximum atomic E-state index is 11.9. The SMILES string of the molecule is CC(=O)NC1=NN(C(C)=O)C(c2ccc(OCCCOc3ccccc3)c(Cl)c2)S1. The number of hydrazone groups is 1. The van der Waals surface area contributed by atoms with Crippen LogP contribution in [0.1, 0.15) is 31.2 Å². The highest BCUT2D eigenvalue weighted by molar-refractivity contribution is 8.14. The van der Waals surface area contributed by atoms with Crippen molar-refractivity contribution in [3.63, 3.8) is 0 Å². The summed E-state index contributed by atoms with van der Waals surface area (Å²) in [4.78, 5) is 23.2. The number of hydrogen-bond acceptors (Lipinski definition) is 6. The highest BCUT2D eigenvalue weighted by atomic mass is 35.5. The number of carbonyl (C=O) groups excluding carboxylic acids is 2. The van der Waals surface area contributed by atoms with Crippen LogP contribution in [0.4, 0.5) is 0 Å². The van der Waals surface area contributed by atoms with Gasteiger partial charge in [-0.15, -0.1) is 5.10 Å². The van der Waals surface area contributed by atoms with E-state index < -0.39 is 5.37 Å². The number of nitrogens with one attached hydrogen (secondary N) is 1. The minimum atomic E-state index is -0.407. The molecule has 7 nitrogen and oxygen atoms in total. The molecule has 0 aliphatic carbocycles. The third-order valence-corrected chi connectivity index (χ3v) is 5.45. The monoisotopic (exact) mass is 447 g/mol. The number of amidine groups is 1. The van der Waals surface area contributed by atoms with Crippen LogP contribution in [0.5, 0.6) is 11.5 Å². The Balaban J connectivity index is 1.55. The van der Waals surface area contributed by atoms with Crippen molar-refractivity contribution in [2.24, 2.45) is 5.10 Å². The zero-order valence-corrected chi connectivity index (χ0v) is 18.2. The first-order valence-electron chi connectivity index (χ1n) is 9.37. The maximum absolute atomic E-state index is 11.9. The van der Waals surface area contributed by atoms with Crippen LogP contribution in [0.3, 0.4) is 0 Å². The fourth-order valence-corrected chi connectivity index (χ4v) is 4.09. The summed E-state index contributed by atoms with van der Waals surface area (Å²) in [7, 11) is 0. The summed E-state index contributed by atoms with van der Waals surface area (Å²) in [5, 5.41) is 8.52. The van der Waals surface area contributed by atoms with Gasteiger partial charge in [-0.05, 0) is 29.8 Å². The van der Waals surface area contributed by atoms with Gasteiger partial charge in [0.05, 0.1) is 18.2 Å². The van der Waals surface area contributed by atoms with Crippen LogP contribution in [0, 0.1) is 0 Å². The molecule has 1 atom stereocenters. The van der Waals surface area contributed by atoms with Crippen LogP contribution in [0.25, 0.3) is 0 Å². The smallest absolute Gasteiger partial charge is 0.241 e. The van der Waals surface area contributed by atoms with Crippen molar-refractivity contribution in [1.82, 2.24) is 10.3 Å². The lowest BCUT2D eigenvalue weighted by molar-refractivity contribution is -0.129. The highest BCUT2D eigenvalue weighted by Crippen LogP contribution is 2.40.